The van der Waals surface area contributed by atoms with E-state index in [2.05, 4.69) is 16.3 Å². The highest BCUT2D eigenvalue weighted by atomic mass is 15.1. The van der Waals surface area contributed by atoms with Crippen molar-refractivity contribution in [3.05, 3.63) is 35.5 Å². The molecular weight excluding hydrogens is 224 g/mol. The molecule has 4 nitrogen and oxygen atoms in total. The number of hydrogen-bond acceptors (Lipinski definition) is 3. The number of fused-ring (bicyclic) bond motifs is 1. The summed E-state index contributed by atoms with van der Waals surface area (Å²) in [5.74, 6) is 0.420. The standard InChI is InChI=1S/C14H18N4/c15-8-10-4-2-6-12-13(10)14(18-17-12)9-3-1-5-11(16)7-9/h1,3,5,7,10H,2,4,6,8,15-16H2,(H,17,18). The van der Waals surface area contributed by atoms with Gasteiger partial charge in [-0.2, -0.15) is 5.10 Å². The van der Waals surface area contributed by atoms with Gasteiger partial charge < -0.3 is 11.5 Å². The van der Waals surface area contributed by atoms with E-state index in [9.17, 15) is 0 Å². The minimum Gasteiger partial charge on any atom is -0.399 e. The Morgan fingerprint density at radius 1 is 1.39 bits per heavy atom. The summed E-state index contributed by atoms with van der Waals surface area (Å²) in [5.41, 5.74) is 17.1. The topological polar surface area (TPSA) is 80.7 Å². The van der Waals surface area contributed by atoms with Gasteiger partial charge >= 0.3 is 0 Å². The van der Waals surface area contributed by atoms with Gasteiger partial charge in [-0.3, -0.25) is 5.10 Å². The first-order chi connectivity index (χ1) is 8.79. The van der Waals surface area contributed by atoms with Gasteiger partial charge in [-0.15, -0.1) is 0 Å². The zero-order valence-electron chi connectivity index (χ0n) is 10.3. The number of nitrogens with two attached hydrogens (primary N) is 2. The van der Waals surface area contributed by atoms with Gasteiger partial charge in [-0.05, 0) is 37.9 Å². The van der Waals surface area contributed by atoms with Crippen LogP contribution in [0.25, 0.3) is 11.3 Å². The molecule has 5 N–H and O–H groups in total. The number of H-pyrrole nitrogens is 1. The Bertz CT molecular complexity index is 559. The number of rotatable bonds is 2. The number of aromatic amines is 1. The van der Waals surface area contributed by atoms with E-state index >= 15 is 0 Å². The number of nitrogens with one attached hydrogen (secondary N) is 1. The second-order valence-electron chi connectivity index (χ2n) is 4.91. The van der Waals surface area contributed by atoms with Crippen LogP contribution in [0.5, 0.6) is 0 Å². The second-order valence-corrected chi connectivity index (χ2v) is 4.91. The Morgan fingerprint density at radius 3 is 3.06 bits per heavy atom. The average Bonchev–Trinajstić information content (AvgIpc) is 2.82. The number of hydrogen-bond donors (Lipinski definition) is 3. The van der Waals surface area contributed by atoms with E-state index in [4.69, 9.17) is 11.5 Å². The van der Waals surface area contributed by atoms with Crippen LogP contribution in [0.2, 0.25) is 0 Å². The Labute approximate surface area is 106 Å². The predicted octanol–water partition coefficient (Wildman–Crippen LogP) is 2.04. The molecule has 4 heteroatoms. The van der Waals surface area contributed by atoms with Crippen LogP contribution >= 0.6 is 0 Å². The summed E-state index contributed by atoms with van der Waals surface area (Å²) in [5, 5.41) is 7.63. The molecular formula is C14H18N4. The molecule has 0 aliphatic heterocycles. The van der Waals surface area contributed by atoms with E-state index in [0.29, 0.717) is 12.5 Å². The summed E-state index contributed by atoms with van der Waals surface area (Å²) in [4.78, 5) is 0. The smallest absolute Gasteiger partial charge is 0.0959 e. The number of anilines is 1. The van der Waals surface area contributed by atoms with Gasteiger partial charge in [-0.1, -0.05) is 12.1 Å². The number of nitrogen functional groups attached to an aromatic ring is 1. The summed E-state index contributed by atoms with van der Waals surface area (Å²) in [6, 6.07) is 7.88. The largest absolute Gasteiger partial charge is 0.399 e. The Hall–Kier alpha value is -1.81. The molecule has 1 heterocycles. The van der Waals surface area contributed by atoms with Crippen molar-refractivity contribution in [3.8, 4) is 11.3 Å². The van der Waals surface area contributed by atoms with Crippen LogP contribution in [0.4, 0.5) is 5.69 Å². The Morgan fingerprint density at radius 2 is 2.28 bits per heavy atom. The van der Waals surface area contributed by atoms with Crippen LogP contribution in [0.15, 0.2) is 24.3 Å². The van der Waals surface area contributed by atoms with Gasteiger partial charge in [0.15, 0.2) is 0 Å². The monoisotopic (exact) mass is 242 g/mol. The Balaban J connectivity index is 2.11. The first kappa shape index (κ1) is 11.3. The molecule has 0 amide bonds. The molecule has 0 spiro atoms. The zero-order chi connectivity index (χ0) is 12.5. The summed E-state index contributed by atoms with van der Waals surface area (Å²) in [7, 11) is 0. The molecule has 18 heavy (non-hydrogen) atoms. The van der Waals surface area contributed by atoms with E-state index in [1.54, 1.807) is 0 Å². The highest BCUT2D eigenvalue weighted by molar-refractivity contribution is 5.68. The SMILES string of the molecule is NCC1CCCc2[nH]nc(-c3cccc(N)c3)c21. The molecule has 0 saturated carbocycles. The lowest BCUT2D eigenvalue weighted by atomic mass is 9.84. The lowest BCUT2D eigenvalue weighted by Crippen LogP contribution is -2.18. The third-order valence-corrected chi connectivity index (χ3v) is 3.72. The van der Waals surface area contributed by atoms with Crippen molar-refractivity contribution < 1.29 is 0 Å². The normalized spacial score (nSPS) is 18.6. The minimum atomic E-state index is 0.420. The van der Waals surface area contributed by atoms with Crippen LogP contribution in [-0.2, 0) is 6.42 Å². The number of benzene rings is 1. The van der Waals surface area contributed by atoms with E-state index in [1.807, 2.05) is 18.2 Å². The third kappa shape index (κ3) is 1.78. The molecule has 1 aliphatic rings. The maximum absolute atomic E-state index is 5.89. The zero-order valence-corrected chi connectivity index (χ0v) is 10.3. The molecule has 1 unspecified atom stereocenters. The lowest BCUT2D eigenvalue weighted by Gasteiger charge is -2.21. The third-order valence-electron chi connectivity index (χ3n) is 3.72. The molecule has 0 fully saturated rings. The van der Waals surface area contributed by atoms with Crippen molar-refractivity contribution >= 4 is 5.69 Å². The fraction of sp³-hybridized carbons (Fsp3) is 0.357. The Kier molecular flexibility index (Phi) is 2.80. The van der Waals surface area contributed by atoms with Gasteiger partial charge in [0, 0.05) is 28.4 Å². The average molecular weight is 242 g/mol. The van der Waals surface area contributed by atoms with E-state index in [0.717, 1.165) is 29.8 Å². The molecule has 3 rings (SSSR count). The van der Waals surface area contributed by atoms with Gasteiger partial charge in [0.2, 0.25) is 0 Å². The summed E-state index contributed by atoms with van der Waals surface area (Å²) in [6.45, 7) is 0.682. The summed E-state index contributed by atoms with van der Waals surface area (Å²) < 4.78 is 0. The van der Waals surface area contributed by atoms with Crippen molar-refractivity contribution in [2.45, 2.75) is 25.2 Å². The van der Waals surface area contributed by atoms with Crippen LogP contribution in [0.1, 0.15) is 30.0 Å². The van der Waals surface area contributed by atoms with Gasteiger partial charge in [0.25, 0.3) is 0 Å². The molecule has 1 aromatic carbocycles. The molecule has 0 saturated heterocycles. The van der Waals surface area contributed by atoms with Gasteiger partial charge in [0.1, 0.15) is 0 Å². The van der Waals surface area contributed by atoms with E-state index in [-0.39, 0.29) is 0 Å². The van der Waals surface area contributed by atoms with Crippen LogP contribution in [0, 0.1) is 0 Å². The van der Waals surface area contributed by atoms with E-state index < -0.39 is 0 Å². The highest BCUT2D eigenvalue weighted by Gasteiger charge is 2.25. The maximum Gasteiger partial charge on any atom is 0.0959 e. The summed E-state index contributed by atoms with van der Waals surface area (Å²) >= 11 is 0. The fourth-order valence-corrected chi connectivity index (χ4v) is 2.83. The number of nitrogens with zero attached hydrogens (tertiary/aromatic N) is 1. The highest BCUT2D eigenvalue weighted by Crippen LogP contribution is 2.36. The molecule has 0 radical (unpaired) electrons. The summed E-state index contributed by atoms with van der Waals surface area (Å²) in [6.07, 6.45) is 3.41. The minimum absolute atomic E-state index is 0.420. The maximum atomic E-state index is 5.89. The second kappa shape index (κ2) is 4.46. The van der Waals surface area contributed by atoms with Crippen molar-refractivity contribution in [3.63, 3.8) is 0 Å². The van der Waals surface area contributed by atoms with Crippen LogP contribution < -0.4 is 11.5 Å². The van der Waals surface area contributed by atoms with Crippen molar-refractivity contribution in [1.82, 2.24) is 10.2 Å². The molecule has 1 aliphatic carbocycles. The van der Waals surface area contributed by atoms with Crippen molar-refractivity contribution in [1.29, 1.82) is 0 Å². The fourth-order valence-electron chi connectivity index (χ4n) is 2.83. The lowest BCUT2D eigenvalue weighted by molar-refractivity contribution is 0.558. The molecule has 1 atom stereocenters. The van der Waals surface area contributed by atoms with Crippen LogP contribution in [0.3, 0.4) is 0 Å². The van der Waals surface area contributed by atoms with Gasteiger partial charge in [0.05, 0.1) is 5.69 Å². The van der Waals surface area contributed by atoms with E-state index in [1.165, 1.54) is 17.7 Å². The first-order valence-corrected chi connectivity index (χ1v) is 6.42. The molecule has 94 valence electrons. The van der Waals surface area contributed by atoms with Crippen molar-refractivity contribution in [2.24, 2.45) is 5.73 Å². The van der Waals surface area contributed by atoms with Crippen LogP contribution in [-0.4, -0.2) is 16.7 Å². The predicted molar refractivity (Wildman–Crippen MR) is 73.2 cm³/mol. The molecule has 0 bridgehead atoms. The molecule has 1 aromatic heterocycles. The van der Waals surface area contributed by atoms with Crippen molar-refractivity contribution in [2.75, 3.05) is 12.3 Å². The molecule has 2 aromatic rings. The number of aromatic nitrogens is 2. The van der Waals surface area contributed by atoms with Gasteiger partial charge in [-0.25, -0.2) is 0 Å². The number of aryl methyl sites for hydroxylation is 1. The first-order valence-electron chi connectivity index (χ1n) is 6.42. The quantitative estimate of drug-likeness (QED) is 0.705.